The molecule has 0 radical (unpaired) electrons. The normalized spacial score (nSPS) is 25.1. The lowest BCUT2D eigenvalue weighted by Gasteiger charge is -2.38. The van der Waals surface area contributed by atoms with E-state index >= 15 is 0 Å². The Morgan fingerprint density at radius 3 is 2.80 bits per heavy atom. The fourth-order valence-electron chi connectivity index (χ4n) is 3.04. The molecule has 2 rings (SSSR count). The molecule has 0 aromatic carbocycles. The number of hydrogen-bond donors (Lipinski definition) is 1. The Bertz CT molecular complexity index is 422. The molecule has 2 atom stereocenters. The van der Waals surface area contributed by atoms with E-state index in [0.717, 1.165) is 13.1 Å². The summed E-state index contributed by atoms with van der Waals surface area (Å²) in [6.07, 6.45) is 2.61. The third-order valence-electron chi connectivity index (χ3n) is 4.13. The Balaban J connectivity index is 2.19. The highest BCUT2D eigenvalue weighted by molar-refractivity contribution is 7.09. The number of thiazole rings is 1. The highest BCUT2D eigenvalue weighted by Gasteiger charge is 2.32. The highest BCUT2D eigenvalue weighted by atomic mass is 32.1. The second-order valence-electron chi connectivity index (χ2n) is 6.96. The predicted octanol–water partition coefficient (Wildman–Crippen LogP) is 3.43. The summed E-state index contributed by atoms with van der Waals surface area (Å²) in [6.45, 7) is 12.3. The minimum atomic E-state index is 0.160. The number of nitrogens with zero attached hydrogens (tertiary/aromatic N) is 2. The average Bonchev–Trinajstić information content (AvgIpc) is 2.85. The van der Waals surface area contributed by atoms with Gasteiger partial charge in [0.25, 0.3) is 0 Å². The predicted molar refractivity (Wildman–Crippen MR) is 87.5 cm³/mol. The van der Waals surface area contributed by atoms with Gasteiger partial charge in [0, 0.05) is 10.8 Å². The molecular formula is C16H29N3S. The van der Waals surface area contributed by atoms with Crippen LogP contribution in [0.25, 0.3) is 0 Å². The summed E-state index contributed by atoms with van der Waals surface area (Å²) in [4.78, 5) is 7.46. The molecule has 1 aromatic rings. The second kappa shape index (κ2) is 6.54. The topological polar surface area (TPSA) is 28.2 Å². The maximum Gasteiger partial charge on any atom is 0.0982 e. The maximum absolute atomic E-state index is 4.96. The molecule has 1 aliphatic heterocycles. The van der Waals surface area contributed by atoms with Crippen LogP contribution in [0.15, 0.2) is 5.38 Å². The molecular weight excluding hydrogens is 266 g/mol. The van der Waals surface area contributed by atoms with E-state index in [2.05, 4.69) is 50.3 Å². The zero-order valence-corrected chi connectivity index (χ0v) is 14.4. The third-order valence-corrected chi connectivity index (χ3v) is 5.42. The molecule has 1 N–H and O–H groups in total. The van der Waals surface area contributed by atoms with Gasteiger partial charge in [-0.05, 0) is 45.4 Å². The van der Waals surface area contributed by atoms with Gasteiger partial charge in [-0.25, -0.2) is 4.98 Å². The fraction of sp³-hybridized carbons (Fsp3) is 0.812. The Morgan fingerprint density at radius 2 is 2.20 bits per heavy atom. The lowest BCUT2D eigenvalue weighted by Crippen LogP contribution is -2.40. The number of piperidine rings is 1. The first kappa shape index (κ1) is 15.9. The van der Waals surface area contributed by atoms with E-state index in [1.54, 1.807) is 0 Å². The quantitative estimate of drug-likeness (QED) is 0.922. The van der Waals surface area contributed by atoms with Gasteiger partial charge in [0.05, 0.1) is 16.7 Å². The van der Waals surface area contributed by atoms with Crippen molar-refractivity contribution < 1.29 is 0 Å². The van der Waals surface area contributed by atoms with E-state index in [9.17, 15) is 0 Å². The van der Waals surface area contributed by atoms with Gasteiger partial charge in [-0.1, -0.05) is 27.7 Å². The van der Waals surface area contributed by atoms with Crippen molar-refractivity contribution in [3.8, 4) is 0 Å². The molecule has 1 aliphatic rings. The van der Waals surface area contributed by atoms with E-state index in [0.29, 0.717) is 12.0 Å². The monoisotopic (exact) mass is 295 g/mol. The van der Waals surface area contributed by atoms with Gasteiger partial charge < -0.3 is 5.32 Å². The summed E-state index contributed by atoms with van der Waals surface area (Å²) >= 11 is 1.82. The molecule has 4 heteroatoms. The van der Waals surface area contributed by atoms with E-state index in [4.69, 9.17) is 4.98 Å². The molecule has 0 aliphatic carbocycles. The summed E-state index contributed by atoms with van der Waals surface area (Å²) in [7, 11) is 2.25. The van der Waals surface area contributed by atoms with E-state index in [-0.39, 0.29) is 5.41 Å². The molecule has 0 amide bonds. The SMILES string of the molecule is CCNCC1CCCN(C)C1c1csc(C(C)(C)C)n1. The summed E-state index contributed by atoms with van der Waals surface area (Å²) in [6, 6.07) is 0.482. The van der Waals surface area contributed by atoms with Crippen LogP contribution < -0.4 is 5.32 Å². The van der Waals surface area contributed by atoms with Crippen LogP contribution in [0.2, 0.25) is 0 Å². The van der Waals surface area contributed by atoms with Crippen molar-refractivity contribution >= 4 is 11.3 Å². The first-order chi connectivity index (χ1) is 9.43. The van der Waals surface area contributed by atoms with Crippen LogP contribution in [0.4, 0.5) is 0 Å². The Hall–Kier alpha value is -0.450. The standard InChI is InChI=1S/C16H29N3S/c1-6-17-10-12-8-7-9-19(5)14(12)13-11-20-15(18-13)16(2,3)4/h11-12,14,17H,6-10H2,1-5H3. The van der Waals surface area contributed by atoms with Gasteiger partial charge in [-0.15, -0.1) is 11.3 Å². The Kier molecular flexibility index (Phi) is 5.21. The Morgan fingerprint density at radius 1 is 1.45 bits per heavy atom. The van der Waals surface area contributed by atoms with Crippen LogP contribution in [-0.4, -0.2) is 36.6 Å². The second-order valence-corrected chi connectivity index (χ2v) is 7.82. The minimum Gasteiger partial charge on any atom is -0.317 e. The number of rotatable bonds is 4. The van der Waals surface area contributed by atoms with Crippen molar-refractivity contribution in [3.05, 3.63) is 16.1 Å². The van der Waals surface area contributed by atoms with Crippen LogP contribution in [0.1, 0.15) is 57.3 Å². The van der Waals surface area contributed by atoms with Gasteiger partial charge in [0.1, 0.15) is 0 Å². The molecule has 1 saturated heterocycles. The molecule has 1 fully saturated rings. The lowest BCUT2D eigenvalue weighted by atomic mass is 9.87. The van der Waals surface area contributed by atoms with Crippen molar-refractivity contribution in [3.63, 3.8) is 0 Å². The van der Waals surface area contributed by atoms with Crippen LogP contribution >= 0.6 is 11.3 Å². The van der Waals surface area contributed by atoms with Crippen LogP contribution in [-0.2, 0) is 5.41 Å². The van der Waals surface area contributed by atoms with Gasteiger partial charge in [0.15, 0.2) is 0 Å². The van der Waals surface area contributed by atoms with E-state index < -0.39 is 0 Å². The largest absolute Gasteiger partial charge is 0.317 e. The van der Waals surface area contributed by atoms with Crippen molar-refractivity contribution in [1.82, 2.24) is 15.2 Å². The first-order valence-electron chi connectivity index (χ1n) is 7.80. The molecule has 2 heterocycles. The molecule has 3 nitrogen and oxygen atoms in total. The zero-order valence-electron chi connectivity index (χ0n) is 13.6. The number of hydrogen-bond acceptors (Lipinski definition) is 4. The fourth-order valence-corrected chi connectivity index (χ4v) is 3.97. The smallest absolute Gasteiger partial charge is 0.0982 e. The van der Waals surface area contributed by atoms with Gasteiger partial charge in [0.2, 0.25) is 0 Å². The molecule has 1 aromatic heterocycles. The third kappa shape index (κ3) is 3.60. The van der Waals surface area contributed by atoms with Crippen molar-refractivity contribution in [1.29, 1.82) is 0 Å². The van der Waals surface area contributed by atoms with Gasteiger partial charge >= 0.3 is 0 Å². The summed E-state index contributed by atoms with van der Waals surface area (Å²) in [5.41, 5.74) is 1.44. The average molecular weight is 295 g/mol. The minimum absolute atomic E-state index is 0.160. The van der Waals surface area contributed by atoms with E-state index in [1.807, 2.05) is 11.3 Å². The maximum atomic E-state index is 4.96. The Labute approximate surface area is 127 Å². The van der Waals surface area contributed by atoms with Crippen LogP contribution in [0.5, 0.6) is 0 Å². The summed E-state index contributed by atoms with van der Waals surface area (Å²) in [5, 5.41) is 7.07. The number of aromatic nitrogens is 1. The summed E-state index contributed by atoms with van der Waals surface area (Å²) < 4.78 is 0. The van der Waals surface area contributed by atoms with E-state index in [1.165, 1.54) is 30.1 Å². The molecule has 0 saturated carbocycles. The van der Waals surface area contributed by atoms with Gasteiger partial charge in [-0.2, -0.15) is 0 Å². The van der Waals surface area contributed by atoms with Crippen LogP contribution in [0.3, 0.4) is 0 Å². The van der Waals surface area contributed by atoms with Crippen LogP contribution in [0, 0.1) is 5.92 Å². The molecule has 20 heavy (non-hydrogen) atoms. The highest BCUT2D eigenvalue weighted by Crippen LogP contribution is 2.37. The number of nitrogens with one attached hydrogen (secondary N) is 1. The molecule has 0 bridgehead atoms. The van der Waals surface area contributed by atoms with Crippen molar-refractivity contribution in [2.24, 2.45) is 5.92 Å². The van der Waals surface area contributed by atoms with Gasteiger partial charge in [-0.3, -0.25) is 4.90 Å². The summed E-state index contributed by atoms with van der Waals surface area (Å²) in [5.74, 6) is 0.684. The first-order valence-corrected chi connectivity index (χ1v) is 8.68. The molecule has 114 valence electrons. The molecule has 0 spiro atoms. The van der Waals surface area contributed by atoms with Crippen molar-refractivity contribution in [2.75, 3.05) is 26.7 Å². The number of likely N-dealkylation sites (tertiary alicyclic amines) is 1. The lowest BCUT2D eigenvalue weighted by molar-refractivity contribution is 0.117. The molecule has 2 unspecified atom stereocenters. The zero-order chi connectivity index (χ0) is 14.8. The van der Waals surface area contributed by atoms with Crippen molar-refractivity contribution in [2.45, 2.75) is 52.0 Å².